The third-order valence-electron chi connectivity index (χ3n) is 3.97. The molecule has 6 nitrogen and oxygen atoms in total. The Bertz CT molecular complexity index is 1090. The largest absolute Gasteiger partial charge is 0.490 e. The molecule has 0 saturated heterocycles. The molecule has 0 aliphatic heterocycles. The molecule has 32 heavy (non-hydrogen) atoms. The second-order valence-corrected chi connectivity index (χ2v) is 9.65. The van der Waals surface area contributed by atoms with Gasteiger partial charge in [-0.3, -0.25) is 4.79 Å². The molecule has 1 N–H and O–H groups in total. The van der Waals surface area contributed by atoms with Crippen molar-refractivity contribution < 1.29 is 14.3 Å². The maximum atomic E-state index is 12.2. The summed E-state index contributed by atoms with van der Waals surface area (Å²) in [6.45, 7) is 4.86. The van der Waals surface area contributed by atoms with Crippen molar-refractivity contribution in [3.8, 4) is 22.8 Å². The van der Waals surface area contributed by atoms with Gasteiger partial charge in [0, 0.05) is 16.0 Å². The maximum Gasteiger partial charge on any atom is 0.250 e. The van der Waals surface area contributed by atoms with Crippen LogP contribution in [-0.2, 0) is 4.79 Å². The van der Waals surface area contributed by atoms with Crippen molar-refractivity contribution in [2.75, 3.05) is 19.0 Å². The monoisotopic (exact) mass is 553 g/mol. The first-order chi connectivity index (χ1) is 15.5. The SMILES string of the molecule is CCOc1cc(/C=N/NC(=O)CSc2nc(-c3ccc(Cl)cc3)cs2)cc(Br)c1OCC. The lowest BCUT2D eigenvalue weighted by Crippen LogP contribution is -2.19. The predicted molar refractivity (Wildman–Crippen MR) is 136 cm³/mol. The highest BCUT2D eigenvalue weighted by molar-refractivity contribution is 9.10. The molecule has 1 amide bonds. The zero-order valence-electron chi connectivity index (χ0n) is 17.4. The van der Waals surface area contributed by atoms with E-state index in [1.54, 1.807) is 6.21 Å². The van der Waals surface area contributed by atoms with E-state index in [4.69, 9.17) is 21.1 Å². The van der Waals surface area contributed by atoms with Gasteiger partial charge in [0.15, 0.2) is 15.8 Å². The summed E-state index contributed by atoms with van der Waals surface area (Å²) in [5.41, 5.74) is 5.15. The highest BCUT2D eigenvalue weighted by Crippen LogP contribution is 2.36. The van der Waals surface area contributed by atoms with Gasteiger partial charge in [0.1, 0.15) is 0 Å². The molecule has 0 fully saturated rings. The number of thioether (sulfide) groups is 1. The Labute approximate surface area is 208 Å². The standard InChI is InChI=1S/C22H21BrClN3O3S2/c1-3-29-19-10-14(9-17(23)21(19)30-4-2)11-25-27-20(28)13-32-22-26-18(12-31-22)15-5-7-16(24)8-6-15/h5-12H,3-4,13H2,1-2H3,(H,27,28)/b25-11+. The van der Waals surface area contributed by atoms with Gasteiger partial charge in [-0.1, -0.05) is 35.5 Å². The second kappa shape index (κ2) is 12.2. The van der Waals surface area contributed by atoms with Crippen LogP contribution in [0, 0.1) is 0 Å². The van der Waals surface area contributed by atoms with E-state index in [2.05, 4.69) is 31.4 Å². The van der Waals surface area contributed by atoms with E-state index in [1.807, 2.05) is 55.6 Å². The molecule has 1 heterocycles. The van der Waals surface area contributed by atoms with Crippen molar-refractivity contribution in [3.05, 3.63) is 56.8 Å². The summed E-state index contributed by atoms with van der Waals surface area (Å²) in [7, 11) is 0. The molecule has 0 radical (unpaired) electrons. The first-order valence-corrected chi connectivity index (χ1v) is 12.8. The van der Waals surface area contributed by atoms with Crippen molar-refractivity contribution in [1.29, 1.82) is 0 Å². The third kappa shape index (κ3) is 6.96. The average molecular weight is 555 g/mol. The van der Waals surface area contributed by atoms with Crippen LogP contribution in [0.5, 0.6) is 11.5 Å². The minimum absolute atomic E-state index is 0.210. The Morgan fingerprint density at radius 2 is 2.00 bits per heavy atom. The number of thiazole rings is 1. The molecular weight excluding hydrogens is 534 g/mol. The lowest BCUT2D eigenvalue weighted by Gasteiger charge is -2.13. The number of amides is 1. The van der Waals surface area contributed by atoms with E-state index in [0.717, 1.165) is 25.6 Å². The number of hydrazone groups is 1. The Hall–Kier alpha value is -2.07. The Kier molecular flexibility index (Phi) is 9.40. The number of ether oxygens (including phenoxy) is 2. The number of hydrogen-bond donors (Lipinski definition) is 1. The maximum absolute atomic E-state index is 12.2. The van der Waals surface area contributed by atoms with Gasteiger partial charge >= 0.3 is 0 Å². The summed E-state index contributed by atoms with van der Waals surface area (Å²) < 4.78 is 12.8. The highest BCUT2D eigenvalue weighted by Gasteiger charge is 2.12. The van der Waals surface area contributed by atoms with Crippen LogP contribution in [0.2, 0.25) is 5.02 Å². The number of hydrogen-bond acceptors (Lipinski definition) is 7. The van der Waals surface area contributed by atoms with Crippen LogP contribution in [0.25, 0.3) is 11.3 Å². The van der Waals surface area contributed by atoms with Crippen LogP contribution in [0.15, 0.2) is 55.7 Å². The molecule has 2 aromatic carbocycles. The molecule has 0 saturated carbocycles. The van der Waals surface area contributed by atoms with Gasteiger partial charge in [0.25, 0.3) is 5.91 Å². The zero-order chi connectivity index (χ0) is 22.9. The van der Waals surface area contributed by atoms with Gasteiger partial charge in [-0.05, 0) is 59.6 Å². The van der Waals surface area contributed by atoms with Crippen LogP contribution >= 0.6 is 50.6 Å². The Morgan fingerprint density at radius 1 is 1.25 bits per heavy atom. The summed E-state index contributed by atoms with van der Waals surface area (Å²) in [5, 5.41) is 6.69. The van der Waals surface area contributed by atoms with Crippen molar-refractivity contribution in [2.24, 2.45) is 5.10 Å². The Balaban J connectivity index is 1.54. The molecule has 0 unspecified atom stereocenters. The minimum atomic E-state index is -0.218. The van der Waals surface area contributed by atoms with Crippen LogP contribution in [0.3, 0.4) is 0 Å². The lowest BCUT2D eigenvalue weighted by molar-refractivity contribution is -0.118. The number of nitrogens with zero attached hydrogens (tertiary/aromatic N) is 2. The molecule has 1 aromatic heterocycles. The van der Waals surface area contributed by atoms with Gasteiger partial charge in [-0.25, -0.2) is 10.4 Å². The highest BCUT2D eigenvalue weighted by atomic mass is 79.9. The normalized spacial score (nSPS) is 11.0. The van der Waals surface area contributed by atoms with Crippen molar-refractivity contribution in [3.63, 3.8) is 0 Å². The Morgan fingerprint density at radius 3 is 2.72 bits per heavy atom. The molecule has 0 bridgehead atoms. The molecule has 0 aliphatic rings. The fourth-order valence-corrected chi connectivity index (χ4v) is 4.95. The average Bonchev–Trinajstić information content (AvgIpc) is 3.24. The summed E-state index contributed by atoms with van der Waals surface area (Å²) in [6, 6.07) is 11.2. The molecule has 0 spiro atoms. The predicted octanol–water partition coefficient (Wildman–Crippen LogP) is 6.27. The summed E-state index contributed by atoms with van der Waals surface area (Å²) in [5.74, 6) is 1.26. The lowest BCUT2D eigenvalue weighted by atomic mass is 10.2. The first-order valence-electron chi connectivity index (χ1n) is 9.75. The molecule has 168 valence electrons. The van der Waals surface area contributed by atoms with Crippen molar-refractivity contribution in [2.45, 2.75) is 18.2 Å². The topological polar surface area (TPSA) is 72.8 Å². The first kappa shape index (κ1) is 24.6. The fourth-order valence-electron chi connectivity index (χ4n) is 2.62. The summed E-state index contributed by atoms with van der Waals surface area (Å²) in [6.07, 6.45) is 1.56. The van der Waals surface area contributed by atoms with Crippen LogP contribution in [-0.4, -0.2) is 36.1 Å². The number of carbonyl (C=O) groups is 1. The number of halogens is 2. The van der Waals surface area contributed by atoms with Crippen molar-refractivity contribution in [1.82, 2.24) is 10.4 Å². The number of aromatic nitrogens is 1. The van der Waals surface area contributed by atoms with E-state index in [0.29, 0.717) is 29.7 Å². The quantitative estimate of drug-likeness (QED) is 0.182. The zero-order valence-corrected chi connectivity index (χ0v) is 21.4. The van der Waals surface area contributed by atoms with Crippen LogP contribution in [0.4, 0.5) is 0 Å². The summed E-state index contributed by atoms with van der Waals surface area (Å²) in [4.78, 5) is 16.7. The fraction of sp³-hybridized carbons (Fsp3) is 0.227. The number of nitrogens with one attached hydrogen (secondary N) is 1. The van der Waals surface area contributed by atoms with Gasteiger partial charge in [0.05, 0.1) is 35.3 Å². The number of carbonyl (C=O) groups excluding carboxylic acids is 1. The number of rotatable bonds is 10. The molecule has 0 atom stereocenters. The van der Waals surface area contributed by atoms with Gasteiger partial charge in [-0.2, -0.15) is 5.10 Å². The van der Waals surface area contributed by atoms with E-state index < -0.39 is 0 Å². The van der Waals surface area contributed by atoms with Gasteiger partial charge in [0.2, 0.25) is 0 Å². The number of benzene rings is 2. The molecule has 3 aromatic rings. The molecule has 0 aliphatic carbocycles. The third-order valence-corrected chi connectivity index (χ3v) is 6.84. The smallest absolute Gasteiger partial charge is 0.250 e. The second-order valence-electron chi connectivity index (χ2n) is 6.28. The van der Waals surface area contributed by atoms with E-state index in [1.165, 1.54) is 23.1 Å². The molecule has 10 heteroatoms. The van der Waals surface area contributed by atoms with E-state index in [-0.39, 0.29) is 11.7 Å². The van der Waals surface area contributed by atoms with E-state index in [9.17, 15) is 4.79 Å². The minimum Gasteiger partial charge on any atom is -0.490 e. The molecular formula is C22H21BrClN3O3S2. The van der Waals surface area contributed by atoms with Crippen LogP contribution < -0.4 is 14.9 Å². The van der Waals surface area contributed by atoms with E-state index >= 15 is 0 Å². The van der Waals surface area contributed by atoms with Crippen LogP contribution in [0.1, 0.15) is 19.4 Å². The van der Waals surface area contributed by atoms with Gasteiger partial charge in [-0.15, -0.1) is 11.3 Å². The van der Waals surface area contributed by atoms with Gasteiger partial charge < -0.3 is 9.47 Å². The molecule has 3 rings (SSSR count). The summed E-state index contributed by atoms with van der Waals surface area (Å²) >= 11 is 12.3. The van der Waals surface area contributed by atoms with Crippen molar-refractivity contribution >= 4 is 62.8 Å².